The van der Waals surface area contributed by atoms with Gasteiger partial charge in [-0.05, 0) is 44.4 Å². The van der Waals surface area contributed by atoms with Crippen LogP contribution in [0.2, 0.25) is 0 Å². The number of anilines is 1. The number of aromatic nitrogens is 2. The number of carbonyl (C=O) groups is 1. The van der Waals surface area contributed by atoms with Crippen molar-refractivity contribution < 1.29 is 9.53 Å². The van der Waals surface area contributed by atoms with E-state index in [9.17, 15) is 4.79 Å². The normalized spacial score (nSPS) is 21.9. The Balaban J connectivity index is 1.69. The number of rotatable bonds is 5. The molecule has 1 aliphatic heterocycles. The van der Waals surface area contributed by atoms with Gasteiger partial charge < -0.3 is 15.0 Å². The minimum Gasteiger partial charge on any atom is -0.464 e. The average Bonchev–Trinajstić information content (AvgIpc) is 3.38. The Morgan fingerprint density at radius 1 is 1.33 bits per heavy atom. The van der Waals surface area contributed by atoms with Crippen molar-refractivity contribution in [3.05, 3.63) is 17.8 Å². The molecule has 0 aromatic carbocycles. The van der Waals surface area contributed by atoms with Gasteiger partial charge in [-0.3, -0.25) is 0 Å². The fourth-order valence-corrected chi connectivity index (χ4v) is 2.82. The van der Waals surface area contributed by atoms with Gasteiger partial charge in [0, 0.05) is 18.6 Å². The molecule has 0 bridgehead atoms. The maximum atomic E-state index is 11.4. The number of hydrogen-bond acceptors (Lipinski definition) is 6. The monoisotopic (exact) mass is 290 g/mol. The predicted octanol–water partition coefficient (Wildman–Crippen LogP) is 1.37. The summed E-state index contributed by atoms with van der Waals surface area (Å²) in [6.45, 7) is 2.08. The minimum atomic E-state index is -0.444. The predicted molar refractivity (Wildman–Crippen MR) is 79.4 cm³/mol. The van der Waals surface area contributed by atoms with E-state index >= 15 is 0 Å². The molecule has 2 fully saturated rings. The molecule has 1 unspecified atom stereocenters. The smallest absolute Gasteiger partial charge is 0.358 e. The van der Waals surface area contributed by atoms with Crippen LogP contribution in [-0.4, -0.2) is 48.4 Å². The maximum Gasteiger partial charge on any atom is 0.358 e. The van der Waals surface area contributed by atoms with Gasteiger partial charge in [-0.25, -0.2) is 4.79 Å². The first kappa shape index (κ1) is 14.3. The quantitative estimate of drug-likeness (QED) is 0.826. The molecule has 21 heavy (non-hydrogen) atoms. The number of nitrogens with zero attached hydrogens (tertiary/aromatic N) is 3. The van der Waals surface area contributed by atoms with Crippen LogP contribution < -0.4 is 10.2 Å². The molecule has 2 heterocycles. The second-order valence-electron chi connectivity index (χ2n) is 5.80. The van der Waals surface area contributed by atoms with Crippen molar-refractivity contribution in [1.82, 2.24) is 15.5 Å². The largest absolute Gasteiger partial charge is 0.464 e. The first-order valence-corrected chi connectivity index (χ1v) is 7.70. The Bertz CT molecular complexity index is 481. The third-order valence-corrected chi connectivity index (χ3v) is 4.16. The Kier molecular flexibility index (Phi) is 4.34. The van der Waals surface area contributed by atoms with Crippen LogP contribution in [0.1, 0.15) is 42.6 Å². The van der Waals surface area contributed by atoms with Crippen LogP contribution in [0.15, 0.2) is 12.1 Å². The molecule has 1 aromatic heterocycles. The zero-order valence-electron chi connectivity index (χ0n) is 12.4. The first-order chi connectivity index (χ1) is 10.3. The maximum absolute atomic E-state index is 11.4. The lowest BCUT2D eigenvalue weighted by molar-refractivity contribution is 0.0592. The summed E-state index contributed by atoms with van der Waals surface area (Å²) in [6, 6.07) is 4.67. The number of nitrogens with one attached hydrogen (secondary N) is 1. The number of piperidine rings is 1. The highest BCUT2D eigenvalue weighted by Crippen LogP contribution is 2.31. The van der Waals surface area contributed by atoms with Crippen LogP contribution in [0.5, 0.6) is 0 Å². The standard InChI is InChI=1S/C15H22N4O2/c1-21-15(20)13-7-8-14(18-17-13)19(12-5-6-12)10-11-4-2-3-9-16-11/h7-8,11-12,16H,2-6,9-10H2,1H3. The molecule has 1 aliphatic carbocycles. The molecule has 1 aromatic rings. The van der Waals surface area contributed by atoms with E-state index in [4.69, 9.17) is 0 Å². The van der Waals surface area contributed by atoms with Crippen molar-refractivity contribution in [1.29, 1.82) is 0 Å². The number of esters is 1. The summed E-state index contributed by atoms with van der Waals surface area (Å²) < 4.78 is 4.65. The topological polar surface area (TPSA) is 67.3 Å². The van der Waals surface area contributed by atoms with E-state index in [2.05, 4.69) is 25.2 Å². The molecule has 1 atom stereocenters. The van der Waals surface area contributed by atoms with Crippen molar-refractivity contribution in [3.63, 3.8) is 0 Å². The molecule has 0 radical (unpaired) electrons. The van der Waals surface area contributed by atoms with Gasteiger partial charge in [0.25, 0.3) is 0 Å². The van der Waals surface area contributed by atoms with Crippen LogP contribution in [0.25, 0.3) is 0 Å². The molecule has 114 valence electrons. The zero-order valence-corrected chi connectivity index (χ0v) is 12.4. The van der Waals surface area contributed by atoms with E-state index in [1.54, 1.807) is 6.07 Å². The number of ether oxygens (including phenoxy) is 1. The van der Waals surface area contributed by atoms with E-state index in [1.807, 2.05) is 6.07 Å². The third-order valence-electron chi connectivity index (χ3n) is 4.16. The molecule has 6 heteroatoms. The second-order valence-corrected chi connectivity index (χ2v) is 5.80. The van der Waals surface area contributed by atoms with Gasteiger partial charge in [-0.2, -0.15) is 0 Å². The molecule has 6 nitrogen and oxygen atoms in total. The van der Waals surface area contributed by atoms with Gasteiger partial charge in [0.05, 0.1) is 7.11 Å². The highest BCUT2D eigenvalue weighted by molar-refractivity contribution is 5.86. The molecule has 1 saturated heterocycles. The van der Waals surface area contributed by atoms with E-state index in [0.717, 1.165) is 18.9 Å². The summed E-state index contributed by atoms with van der Waals surface area (Å²) in [5, 5.41) is 11.8. The number of hydrogen-bond donors (Lipinski definition) is 1. The Hall–Kier alpha value is -1.69. The summed E-state index contributed by atoms with van der Waals surface area (Å²) in [4.78, 5) is 13.7. The highest BCUT2D eigenvalue weighted by Gasteiger charge is 2.32. The summed E-state index contributed by atoms with van der Waals surface area (Å²) in [5.41, 5.74) is 0.257. The number of carbonyl (C=O) groups excluding carboxylic acids is 1. The van der Waals surface area contributed by atoms with Crippen molar-refractivity contribution in [2.45, 2.75) is 44.2 Å². The Morgan fingerprint density at radius 2 is 2.19 bits per heavy atom. The lowest BCUT2D eigenvalue weighted by atomic mass is 10.0. The van der Waals surface area contributed by atoms with Crippen LogP contribution >= 0.6 is 0 Å². The van der Waals surface area contributed by atoms with E-state index in [0.29, 0.717) is 12.1 Å². The molecular formula is C15H22N4O2. The first-order valence-electron chi connectivity index (χ1n) is 7.70. The van der Waals surface area contributed by atoms with Gasteiger partial charge in [0.1, 0.15) is 0 Å². The minimum absolute atomic E-state index is 0.257. The molecular weight excluding hydrogens is 268 g/mol. The van der Waals surface area contributed by atoms with Crippen LogP contribution in [0.4, 0.5) is 5.82 Å². The Labute approximate surface area is 124 Å². The van der Waals surface area contributed by atoms with Gasteiger partial charge in [-0.15, -0.1) is 10.2 Å². The summed E-state index contributed by atoms with van der Waals surface area (Å²) in [5.74, 6) is 0.415. The molecule has 1 saturated carbocycles. The van der Waals surface area contributed by atoms with Gasteiger partial charge in [-0.1, -0.05) is 6.42 Å². The molecule has 0 amide bonds. The summed E-state index contributed by atoms with van der Waals surface area (Å²) >= 11 is 0. The average molecular weight is 290 g/mol. The fraction of sp³-hybridized carbons (Fsp3) is 0.667. The van der Waals surface area contributed by atoms with Crippen molar-refractivity contribution in [2.75, 3.05) is 25.1 Å². The van der Waals surface area contributed by atoms with Gasteiger partial charge in [0.15, 0.2) is 11.5 Å². The lowest BCUT2D eigenvalue weighted by Gasteiger charge is -2.31. The third kappa shape index (κ3) is 3.50. The van der Waals surface area contributed by atoms with Crippen LogP contribution in [0.3, 0.4) is 0 Å². The van der Waals surface area contributed by atoms with Crippen molar-refractivity contribution in [3.8, 4) is 0 Å². The van der Waals surface area contributed by atoms with Crippen molar-refractivity contribution >= 4 is 11.8 Å². The molecule has 3 rings (SSSR count). The SMILES string of the molecule is COC(=O)c1ccc(N(CC2CCCCN2)C2CC2)nn1. The van der Waals surface area contributed by atoms with Gasteiger partial charge >= 0.3 is 5.97 Å². The molecule has 0 spiro atoms. The second kappa shape index (κ2) is 6.39. The molecule has 2 aliphatic rings. The Morgan fingerprint density at radius 3 is 2.76 bits per heavy atom. The molecule has 1 N–H and O–H groups in total. The fourth-order valence-electron chi connectivity index (χ4n) is 2.82. The summed E-state index contributed by atoms with van der Waals surface area (Å²) in [6.07, 6.45) is 6.22. The van der Waals surface area contributed by atoms with E-state index < -0.39 is 5.97 Å². The van der Waals surface area contributed by atoms with Gasteiger partial charge in [0.2, 0.25) is 0 Å². The zero-order chi connectivity index (χ0) is 14.7. The van der Waals surface area contributed by atoms with Crippen LogP contribution in [0, 0.1) is 0 Å². The van der Waals surface area contributed by atoms with E-state index in [1.165, 1.54) is 39.2 Å². The van der Waals surface area contributed by atoms with E-state index in [-0.39, 0.29) is 5.69 Å². The van der Waals surface area contributed by atoms with Crippen molar-refractivity contribution in [2.24, 2.45) is 0 Å². The number of methoxy groups -OCH3 is 1. The highest BCUT2D eigenvalue weighted by atomic mass is 16.5. The van der Waals surface area contributed by atoms with Crippen LogP contribution in [-0.2, 0) is 4.74 Å². The summed E-state index contributed by atoms with van der Waals surface area (Å²) in [7, 11) is 1.35. The lowest BCUT2D eigenvalue weighted by Crippen LogP contribution is -2.45.